The van der Waals surface area contributed by atoms with Crippen LogP contribution in [0.1, 0.15) is 10.4 Å². The summed E-state index contributed by atoms with van der Waals surface area (Å²) in [7, 11) is 2.06. The zero-order chi connectivity index (χ0) is 12.4. The summed E-state index contributed by atoms with van der Waals surface area (Å²) >= 11 is 8.81. The SMILES string of the molecule is Cc1ccnc(N(C)Cc2cc(Br)cs2)c1Br. The average Bonchev–Trinajstić information content (AvgIpc) is 2.68. The third kappa shape index (κ3) is 3.09. The Bertz CT molecular complexity index is 525. The van der Waals surface area contributed by atoms with Gasteiger partial charge in [0.05, 0.1) is 11.0 Å². The van der Waals surface area contributed by atoms with Crippen LogP contribution in [0.3, 0.4) is 0 Å². The number of pyridine rings is 1. The first kappa shape index (κ1) is 13.1. The quantitative estimate of drug-likeness (QED) is 0.778. The van der Waals surface area contributed by atoms with Gasteiger partial charge in [0.1, 0.15) is 5.82 Å². The molecule has 0 bridgehead atoms. The summed E-state index contributed by atoms with van der Waals surface area (Å²) in [6.07, 6.45) is 1.84. The minimum absolute atomic E-state index is 0.866. The van der Waals surface area contributed by atoms with Crippen LogP contribution >= 0.6 is 43.2 Å². The number of hydrogen-bond donors (Lipinski definition) is 0. The van der Waals surface area contributed by atoms with E-state index in [9.17, 15) is 0 Å². The van der Waals surface area contributed by atoms with Gasteiger partial charge in [0.2, 0.25) is 0 Å². The van der Waals surface area contributed by atoms with Gasteiger partial charge in [-0.15, -0.1) is 11.3 Å². The van der Waals surface area contributed by atoms with Gasteiger partial charge in [-0.1, -0.05) is 0 Å². The van der Waals surface area contributed by atoms with Gasteiger partial charge in [-0.05, 0) is 56.5 Å². The molecule has 2 aromatic rings. The summed E-state index contributed by atoms with van der Waals surface area (Å²) < 4.78 is 2.21. The molecule has 2 aromatic heterocycles. The van der Waals surface area contributed by atoms with Crippen molar-refractivity contribution in [2.75, 3.05) is 11.9 Å². The molecule has 0 unspecified atom stereocenters. The Morgan fingerprint density at radius 2 is 2.18 bits per heavy atom. The third-order valence-electron chi connectivity index (χ3n) is 2.44. The maximum Gasteiger partial charge on any atom is 0.143 e. The average molecular weight is 376 g/mol. The summed E-state index contributed by atoms with van der Waals surface area (Å²) in [6.45, 7) is 2.94. The standard InChI is InChI=1S/C12H12Br2N2S/c1-8-3-4-15-12(11(8)14)16(2)6-10-5-9(13)7-17-10/h3-5,7H,6H2,1-2H3. The molecule has 2 rings (SSSR count). The number of halogens is 2. The topological polar surface area (TPSA) is 16.1 Å². The van der Waals surface area contributed by atoms with Crippen LogP contribution in [-0.4, -0.2) is 12.0 Å². The first-order valence-electron chi connectivity index (χ1n) is 5.13. The smallest absolute Gasteiger partial charge is 0.143 e. The number of anilines is 1. The lowest BCUT2D eigenvalue weighted by atomic mass is 10.3. The predicted octanol–water partition coefficient (Wildman–Crippen LogP) is 4.61. The van der Waals surface area contributed by atoms with Crippen LogP contribution in [0, 0.1) is 6.92 Å². The van der Waals surface area contributed by atoms with Crippen LogP contribution in [0.4, 0.5) is 5.82 Å². The molecule has 0 aromatic carbocycles. The number of nitrogens with zero attached hydrogens (tertiary/aromatic N) is 2. The van der Waals surface area contributed by atoms with Crippen molar-refractivity contribution in [3.63, 3.8) is 0 Å². The number of thiophene rings is 1. The Morgan fingerprint density at radius 3 is 2.82 bits per heavy atom. The van der Waals surface area contributed by atoms with Crippen molar-refractivity contribution in [3.8, 4) is 0 Å². The van der Waals surface area contributed by atoms with E-state index in [2.05, 4.69) is 67.2 Å². The van der Waals surface area contributed by atoms with E-state index < -0.39 is 0 Å². The molecule has 0 spiro atoms. The molecule has 0 radical (unpaired) electrons. The van der Waals surface area contributed by atoms with Crippen molar-refractivity contribution < 1.29 is 0 Å². The van der Waals surface area contributed by atoms with Crippen LogP contribution < -0.4 is 4.90 Å². The minimum Gasteiger partial charge on any atom is -0.354 e. The Hall–Kier alpha value is -0.390. The highest BCUT2D eigenvalue weighted by Crippen LogP contribution is 2.28. The molecule has 0 aliphatic rings. The first-order chi connectivity index (χ1) is 8.08. The van der Waals surface area contributed by atoms with E-state index in [1.54, 1.807) is 11.3 Å². The van der Waals surface area contributed by atoms with E-state index >= 15 is 0 Å². The highest BCUT2D eigenvalue weighted by atomic mass is 79.9. The normalized spacial score (nSPS) is 10.6. The number of hydrogen-bond acceptors (Lipinski definition) is 3. The molecule has 90 valence electrons. The van der Waals surface area contributed by atoms with Gasteiger partial charge in [0.25, 0.3) is 0 Å². The van der Waals surface area contributed by atoms with E-state index in [-0.39, 0.29) is 0 Å². The van der Waals surface area contributed by atoms with E-state index in [0.29, 0.717) is 0 Å². The zero-order valence-corrected chi connectivity index (χ0v) is 13.6. The van der Waals surface area contributed by atoms with Crippen molar-refractivity contribution in [2.24, 2.45) is 0 Å². The lowest BCUT2D eigenvalue weighted by molar-refractivity contribution is 0.905. The Morgan fingerprint density at radius 1 is 1.41 bits per heavy atom. The van der Waals surface area contributed by atoms with Gasteiger partial charge in [-0.2, -0.15) is 0 Å². The Kier molecular flexibility index (Phi) is 4.22. The van der Waals surface area contributed by atoms with Crippen LogP contribution in [0.25, 0.3) is 0 Å². The number of rotatable bonds is 3. The fourth-order valence-electron chi connectivity index (χ4n) is 1.54. The summed E-state index contributed by atoms with van der Waals surface area (Å²) in [5.41, 5.74) is 1.20. The fourth-order valence-corrected chi connectivity index (χ4v) is 3.58. The number of aryl methyl sites for hydroxylation is 1. The fraction of sp³-hybridized carbons (Fsp3) is 0.250. The highest BCUT2D eigenvalue weighted by molar-refractivity contribution is 9.11. The van der Waals surface area contributed by atoms with Crippen molar-refractivity contribution in [1.82, 2.24) is 4.98 Å². The molecule has 0 saturated heterocycles. The van der Waals surface area contributed by atoms with Crippen molar-refractivity contribution in [3.05, 3.63) is 43.1 Å². The monoisotopic (exact) mass is 374 g/mol. The van der Waals surface area contributed by atoms with E-state index in [1.165, 1.54) is 10.4 Å². The zero-order valence-electron chi connectivity index (χ0n) is 9.58. The van der Waals surface area contributed by atoms with Crippen LogP contribution in [0.5, 0.6) is 0 Å². The van der Waals surface area contributed by atoms with Crippen molar-refractivity contribution >= 4 is 49.0 Å². The maximum atomic E-state index is 4.41. The second-order valence-corrected chi connectivity index (χ2v) is 6.56. The summed E-state index contributed by atoms with van der Waals surface area (Å²) in [4.78, 5) is 7.88. The molecular formula is C12H12Br2N2S. The Labute approximate surface area is 122 Å². The molecule has 0 N–H and O–H groups in total. The van der Waals surface area contributed by atoms with Gasteiger partial charge in [0.15, 0.2) is 0 Å². The lowest BCUT2D eigenvalue weighted by Crippen LogP contribution is -2.17. The molecule has 0 aliphatic carbocycles. The molecule has 0 fully saturated rings. The van der Waals surface area contributed by atoms with Gasteiger partial charge in [-0.25, -0.2) is 4.98 Å². The molecule has 5 heteroatoms. The van der Waals surface area contributed by atoms with E-state index in [4.69, 9.17) is 0 Å². The molecule has 2 heterocycles. The van der Waals surface area contributed by atoms with Crippen molar-refractivity contribution in [2.45, 2.75) is 13.5 Å². The van der Waals surface area contributed by atoms with Gasteiger partial charge >= 0.3 is 0 Å². The lowest BCUT2D eigenvalue weighted by Gasteiger charge is -2.19. The van der Waals surface area contributed by atoms with E-state index in [0.717, 1.165) is 21.3 Å². The molecule has 0 amide bonds. The molecular weight excluding hydrogens is 364 g/mol. The highest BCUT2D eigenvalue weighted by Gasteiger charge is 2.10. The second kappa shape index (κ2) is 5.50. The van der Waals surface area contributed by atoms with Gasteiger partial charge in [-0.3, -0.25) is 0 Å². The van der Waals surface area contributed by atoms with E-state index in [1.807, 2.05) is 12.3 Å². The molecule has 0 saturated carbocycles. The minimum atomic E-state index is 0.866. The second-order valence-electron chi connectivity index (χ2n) is 3.85. The largest absolute Gasteiger partial charge is 0.354 e. The molecule has 17 heavy (non-hydrogen) atoms. The third-order valence-corrected chi connectivity index (χ3v) is 5.10. The van der Waals surface area contributed by atoms with Crippen LogP contribution in [0.2, 0.25) is 0 Å². The summed E-state index contributed by atoms with van der Waals surface area (Å²) in [5.74, 6) is 0.981. The van der Waals surface area contributed by atoms with Crippen molar-refractivity contribution in [1.29, 1.82) is 0 Å². The maximum absolute atomic E-state index is 4.41. The number of aromatic nitrogens is 1. The van der Waals surface area contributed by atoms with Crippen LogP contribution in [0.15, 0.2) is 32.7 Å². The molecule has 0 aliphatic heterocycles. The Balaban J connectivity index is 2.20. The van der Waals surface area contributed by atoms with Gasteiger partial charge < -0.3 is 4.90 Å². The predicted molar refractivity (Wildman–Crippen MR) is 80.8 cm³/mol. The summed E-state index contributed by atoms with van der Waals surface area (Å²) in [6, 6.07) is 4.15. The van der Waals surface area contributed by atoms with Crippen LogP contribution in [-0.2, 0) is 6.54 Å². The molecule has 0 atom stereocenters. The molecule has 2 nitrogen and oxygen atoms in total. The van der Waals surface area contributed by atoms with Gasteiger partial charge in [0, 0.05) is 28.0 Å². The summed E-state index contributed by atoms with van der Waals surface area (Å²) in [5, 5.41) is 2.10. The first-order valence-corrected chi connectivity index (χ1v) is 7.59.